The maximum atomic E-state index is 13.5. The molecule has 2 heterocycles. The molecule has 1 aliphatic rings. The van der Waals surface area contributed by atoms with Crippen molar-refractivity contribution in [1.29, 1.82) is 0 Å². The van der Waals surface area contributed by atoms with Crippen molar-refractivity contribution in [1.82, 2.24) is 20.5 Å². The summed E-state index contributed by atoms with van der Waals surface area (Å²) in [5.74, 6) is 0.0159. The number of rotatable bonds is 5. The fourth-order valence-corrected chi connectivity index (χ4v) is 5.06. The van der Waals surface area contributed by atoms with Crippen LogP contribution in [0.5, 0.6) is 0 Å². The van der Waals surface area contributed by atoms with Crippen molar-refractivity contribution in [2.45, 2.75) is 24.2 Å². The number of benzene rings is 3. The van der Waals surface area contributed by atoms with Gasteiger partial charge in [-0.1, -0.05) is 30.3 Å². The molecule has 0 fully saturated rings. The Labute approximate surface area is 230 Å². The van der Waals surface area contributed by atoms with E-state index >= 15 is 0 Å². The van der Waals surface area contributed by atoms with Crippen molar-refractivity contribution in [3.05, 3.63) is 102 Å². The lowest BCUT2D eigenvalue weighted by Crippen LogP contribution is -2.37. The summed E-state index contributed by atoms with van der Waals surface area (Å²) in [6, 6.07) is 15.4. The van der Waals surface area contributed by atoms with Crippen LogP contribution in [0.2, 0.25) is 0 Å². The molecule has 1 aromatic heterocycles. The van der Waals surface area contributed by atoms with E-state index in [2.05, 4.69) is 15.9 Å². The fraction of sp³-hybridized carbons (Fsp3) is 0.148. The zero-order valence-corrected chi connectivity index (χ0v) is 22.2. The molecule has 41 heavy (non-hydrogen) atoms. The summed E-state index contributed by atoms with van der Waals surface area (Å²) in [6.07, 6.45) is -6.00. The number of sulfone groups is 1. The number of aromatic nitrogens is 2. The second-order valence-electron chi connectivity index (χ2n) is 9.24. The highest BCUT2D eigenvalue weighted by Gasteiger charge is 2.35. The highest BCUT2D eigenvalue weighted by atomic mass is 32.2. The molecule has 0 saturated heterocycles. The highest BCUT2D eigenvalue weighted by molar-refractivity contribution is 7.90. The van der Waals surface area contributed by atoms with Gasteiger partial charge in [-0.15, -0.1) is 5.53 Å². The number of alkyl halides is 6. The van der Waals surface area contributed by atoms with Gasteiger partial charge in [0.1, 0.15) is 5.82 Å². The minimum atomic E-state index is -4.71. The first-order valence-corrected chi connectivity index (χ1v) is 13.8. The predicted octanol–water partition coefficient (Wildman–Crippen LogP) is 6.12. The van der Waals surface area contributed by atoms with Crippen molar-refractivity contribution in [3.63, 3.8) is 0 Å². The second-order valence-corrected chi connectivity index (χ2v) is 11.3. The van der Waals surface area contributed by atoms with Crippen molar-refractivity contribution in [2.24, 2.45) is 0 Å². The summed E-state index contributed by atoms with van der Waals surface area (Å²) in [6.45, 7) is 1.39. The van der Waals surface area contributed by atoms with E-state index in [-0.39, 0.29) is 33.4 Å². The predicted molar refractivity (Wildman–Crippen MR) is 140 cm³/mol. The van der Waals surface area contributed by atoms with E-state index in [4.69, 9.17) is 0 Å². The molecule has 3 aromatic carbocycles. The molecule has 0 spiro atoms. The smallest absolute Gasteiger partial charge is 0.309 e. The van der Waals surface area contributed by atoms with Crippen LogP contribution < -0.4 is 16.0 Å². The van der Waals surface area contributed by atoms with Crippen molar-refractivity contribution in [2.75, 3.05) is 11.3 Å². The number of nitrogens with zero attached hydrogens (tertiary/aromatic N) is 3. The molecule has 2 N–H and O–H groups in total. The van der Waals surface area contributed by atoms with Gasteiger partial charge in [0.15, 0.2) is 15.5 Å². The van der Waals surface area contributed by atoms with Crippen molar-refractivity contribution < 1.29 is 34.8 Å². The number of hydrazine groups is 2. The molecule has 0 bridgehead atoms. The van der Waals surface area contributed by atoms with Gasteiger partial charge >= 0.3 is 12.4 Å². The van der Waals surface area contributed by atoms with Crippen molar-refractivity contribution >= 4 is 21.2 Å². The monoisotopic (exact) mass is 593 g/mol. The fourth-order valence-electron chi connectivity index (χ4n) is 4.39. The standard InChI is InChI=1S/C27H21F6N5O2S/c1-16-35-25(27(31,32)33)15-37(16)22-10-9-18(17-5-4-8-21(12-17)41(2,39)40)13-23(22)38-24(14-34-36-38)19-6-3-7-20(11-19)26(28,29)30/h3-15,34,36H,1-2H3. The third-order valence-electron chi connectivity index (χ3n) is 6.36. The van der Waals surface area contributed by atoms with Gasteiger partial charge in [0.05, 0.1) is 27.5 Å². The van der Waals surface area contributed by atoms with Crippen LogP contribution in [0.3, 0.4) is 0 Å². The van der Waals surface area contributed by atoms with Crippen LogP contribution in [-0.2, 0) is 22.2 Å². The Morgan fingerprint density at radius 3 is 2.15 bits per heavy atom. The molecule has 14 heteroatoms. The van der Waals surface area contributed by atoms with Gasteiger partial charge in [-0.05, 0) is 54.4 Å². The van der Waals surface area contributed by atoms with E-state index in [1.54, 1.807) is 24.3 Å². The number of halogens is 6. The number of hydrogen-bond acceptors (Lipinski definition) is 6. The van der Waals surface area contributed by atoms with Crippen LogP contribution in [0.4, 0.5) is 32.0 Å². The van der Waals surface area contributed by atoms with Crippen LogP contribution in [0.15, 0.2) is 84.0 Å². The van der Waals surface area contributed by atoms with Gasteiger partial charge < -0.3 is 9.99 Å². The van der Waals surface area contributed by atoms with Gasteiger partial charge in [0, 0.05) is 24.2 Å². The van der Waals surface area contributed by atoms with Gasteiger partial charge in [-0.25, -0.2) is 13.4 Å². The molecule has 0 aliphatic carbocycles. The Balaban J connectivity index is 1.69. The first-order valence-electron chi connectivity index (χ1n) is 11.9. The van der Waals surface area contributed by atoms with Gasteiger partial charge in [0.25, 0.3) is 0 Å². The van der Waals surface area contributed by atoms with E-state index in [0.717, 1.165) is 24.6 Å². The number of anilines is 1. The summed E-state index contributed by atoms with van der Waals surface area (Å²) in [4.78, 5) is 3.70. The first-order chi connectivity index (χ1) is 19.1. The molecule has 7 nitrogen and oxygen atoms in total. The lowest BCUT2D eigenvalue weighted by Gasteiger charge is -2.26. The Kier molecular flexibility index (Phi) is 6.86. The lowest BCUT2D eigenvalue weighted by atomic mass is 10.0. The quantitative estimate of drug-likeness (QED) is 0.272. The number of hydrogen-bond donors (Lipinski definition) is 2. The highest BCUT2D eigenvalue weighted by Crippen LogP contribution is 2.38. The Hall–Kier alpha value is -4.30. The van der Waals surface area contributed by atoms with Crippen LogP contribution in [-0.4, -0.2) is 24.2 Å². The summed E-state index contributed by atoms with van der Waals surface area (Å²) < 4.78 is 106. The minimum Gasteiger partial charge on any atom is -0.309 e. The molecule has 5 rings (SSSR count). The summed E-state index contributed by atoms with van der Waals surface area (Å²) in [5, 5.41) is 1.39. The van der Waals surface area contributed by atoms with Crippen LogP contribution in [0, 0.1) is 6.92 Å². The molecule has 0 saturated carbocycles. The van der Waals surface area contributed by atoms with E-state index in [1.165, 1.54) is 53.0 Å². The maximum absolute atomic E-state index is 13.5. The van der Waals surface area contributed by atoms with Gasteiger partial charge in [-0.3, -0.25) is 5.01 Å². The van der Waals surface area contributed by atoms with Gasteiger partial charge in [0.2, 0.25) is 0 Å². The SMILES string of the molecule is Cc1nc(C(F)(F)F)cn1-c1ccc(-c2cccc(S(C)(=O)=O)c2)cc1N1NNC=C1c1cccc(C(F)(F)F)c1. The average Bonchev–Trinajstić information content (AvgIpc) is 3.55. The Morgan fingerprint density at radius 2 is 1.49 bits per heavy atom. The maximum Gasteiger partial charge on any atom is 0.434 e. The molecule has 0 radical (unpaired) electrons. The van der Waals surface area contributed by atoms with Crippen LogP contribution in [0.1, 0.15) is 22.6 Å². The molecule has 0 unspecified atom stereocenters. The zero-order valence-electron chi connectivity index (χ0n) is 21.3. The molecular formula is C27H21F6N5O2S. The van der Waals surface area contributed by atoms with E-state index < -0.39 is 33.4 Å². The lowest BCUT2D eigenvalue weighted by molar-refractivity contribution is -0.141. The zero-order chi connectivity index (χ0) is 29.7. The number of aryl methyl sites for hydroxylation is 1. The van der Waals surface area contributed by atoms with Crippen molar-refractivity contribution in [3.8, 4) is 16.8 Å². The molecule has 0 atom stereocenters. The molecule has 1 aliphatic heterocycles. The summed E-state index contributed by atoms with van der Waals surface area (Å²) in [7, 11) is -3.54. The molecule has 214 valence electrons. The average molecular weight is 594 g/mol. The third kappa shape index (κ3) is 5.65. The molecular weight excluding hydrogens is 572 g/mol. The van der Waals surface area contributed by atoms with E-state index in [1.807, 2.05) is 0 Å². The van der Waals surface area contributed by atoms with Gasteiger partial charge in [-0.2, -0.15) is 26.3 Å². The topological polar surface area (TPSA) is 79.3 Å². The number of nitrogens with one attached hydrogen (secondary N) is 2. The van der Waals surface area contributed by atoms with Crippen LogP contribution in [0.25, 0.3) is 22.5 Å². The minimum absolute atomic E-state index is 0.0159. The third-order valence-corrected chi connectivity index (χ3v) is 7.47. The van der Waals surface area contributed by atoms with Crippen LogP contribution >= 0.6 is 0 Å². The summed E-state index contributed by atoms with van der Waals surface area (Å²) in [5.41, 5.74) is 5.44. The molecule has 4 aromatic rings. The largest absolute Gasteiger partial charge is 0.434 e. The Morgan fingerprint density at radius 1 is 0.805 bits per heavy atom. The number of imidazole rings is 1. The second kappa shape index (κ2) is 9.96. The Bertz CT molecular complexity index is 1780. The van der Waals surface area contributed by atoms with E-state index in [9.17, 15) is 34.8 Å². The summed E-state index contributed by atoms with van der Waals surface area (Å²) >= 11 is 0. The normalized spacial score (nSPS) is 14.2. The molecule has 0 amide bonds. The first kappa shape index (κ1) is 28.2. The van der Waals surface area contributed by atoms with E-state index in [0.29, 0.717) is 11.1 Å².